The number of hydrogen-bond donors (Lipinski definition) is 0. The van der Waals surface area contributed by atoms with Crippen molar-refractivity contribution in [3.8, 4) is 0 Å². The highest BCUT2D eigenvalue weighted by atomic mass is 16.5. The maximum atomic E-state index is 12.4. The van der Waals surface area contributed by atoms with Gasteiger partial charge in [-0.05, 0) is 23.6 Å². The molecule has 1 aliphatic rings. The zero-order chi connectivity index (χ0) is 19.4. The third-order valence-electron chi connectivity index (χ3n) is 5.07. The third kappa shape index (κ3) is 4.11. The van der Waals surface area contributed by atoms with E-state index in [-0.39, 0.29) is 30.2 Å². The minimum absolute atomic E-state index is 0.203. The number of likely N-dealkylation sites (N-methyl/N-ethyl adjacent to an activating group) is 1. The Bertz CT molecular complexity index is 868. The summed E-state index contributed by atoms with van der Waals surface area (Å²) in [5.74, 6) is -0.557. The quantitative estimate of drug-likeness (QED) is 0.574. The number of allylic oxidation sites excluding steroid dienone is 1. The molecule has 0 unspecified atom stereocenters. The van der Waals surface area contributed by atoms with E-state index in [1.54, 1.807) is 6.08 Å². The Hall–Kier alpha value is -2.88. The first kappa shape index (κ1) is 18.9. The first-order valence-corrected chi connectivity index (χ1v) is 9.17. The van der Waals surface area contributed by atoms with Gasteiger partial charge in [0.2, 0.25) is 0 Å². The van der Waals surface area contributed by atoms with Gasteiger partial charge in [0.15, 0.2) is 12.4 Å². The fourth-order valence-corrected chi connectivity index (χ4v) is 3.57. The Morgan fingerprint density at radius 1 is 1.04 bits per heavy atom. The Kier molecular flexibility index (Phi) is 5.45. The van der Waals surface area contributed by atoms with Crippen molar-refractivity contribution < 1.29 is 14.3 Å². The van der Waals surface area contributed by atoms with Crippen molar-refractivity contribution in [2.75, 3.05) is 18.6 Å². The van der Waals surface area contributed by atoms with Crippen molar-refractivity contribution in [2.24, 2.45) is 0 Å². The van der Waals surface area contributed by atoms with Crippen LogP contribution in [0.1, 0.15) is 31.4 Å². The van der Waals surface area contributed by atoms with Crippen molar-refractivity contribution in [3.63, 3.8) is 0 Å². The van der Waals surface area contributed by atoms with E-state index in [2.05, 4.69) is 19.9 Å². The standard InChI is InChI=1S/C23H25NO3/c1-23(2)19-11-7-8-12-20(19)24(3)21(23)15-18(25)16-27-22(26)14-13-17-9-5-4-6-10-17/h4-12,15H,13-14,16H2,1-3H3. The van der Waals surface area contributed by atoms with E-state index in [0.717, 1.165) is 16.9 Å². The number of carbonyl (C=O) groups excluding carboxylic acids is 2. The van der Waals surface area contributed by atoms with E-state index < -0.39 is 0 Å². The molecular formula is C23H25NO3. The molecule has 0 saturated carbocycles. The van der Waals surface area contributed by atoms with E-state index in [0.29, 0.717) is 6.42 Å². The lowest BCUT2D eigenvalue weighted by Crippen LogP contribution is -2.25. The van der Waals surface area contributed by atoms with Crippen LogP contribution in [-0.2, 0) is 26.2 Å². The summed E-state index contributed by atoms with van der Waals surface area (Å²) in [5.41, 5.74) is 4.01. The second-order valence-corrected chi connectivity index (χ2v) is 7.34. The largest absolute Gasteiger partial charge is 0.457 e. The van der Waals surface area contributed by atoms with Gasteiger partial charge in [-0.25, -0.2) is 0 Å². The molecule has 2 aromatic rings. The number of fused-ring (bicyclic) bond motifs is 1. The predicted molar refractivity (Wildman–Crippen MR) is 107 cm³/mol. The minimum atomic E-state index is -0.354. The first-order valence-electron chi connectivity index (χ1n) is 9.17. The number of para-hydroxylation sites is 1. The van der Waals surface area contributed by atoms with Crippen LogP contribution in [-0.4, -0.2) is 25.4 Å². The molecule has 3 rings (SSSR count). The van der Waals surface area contributed by atoms with Crippen LogP contribution in [0.4, 0.5) is 5.69 Å². The second-order valence-electron chi connectivity index (χ2n) is 7.34. The zero-order valence-corrected chi connectivity index (χ0v) is 16.1. The van der Waals surface area contributed by atoms with Gasteiger partial charge in [-0.2, -0.15) is 0 Å². The highest BCUT2D eigenvalue weighted by Crippen LogP contribution is 2.46. The van der Waals surface area contributed by atoms with Crippen LogP contribution < -0.4 is 4.90 Å². The molecule has 1 heterocycles. The zero-order valence-electron chi connectivity index (χ0n) is 16.1. The summed E-state index contributed by atoms with van der Waals surface area (Å²) in [4.78, 5) is 26.3. The highest BCUT2D eigenvalue weighted by Gasteiger charge is 2.38. The molecule has 0 spiro atoms. The van der Waals surface area contributed by atoms with Gasteiger partial charge >= 0.3 is 5.97 Å². The Labute approximate surface area is 160 Å². The van der Waals surface area contributed by atoms with Crippen LogP contribution >= 0.6 is 0 Å². The molecule has 0 radical (unpaired) electrons. The van der Waals surface area contributed by atoms with Crippen LogP contribution in [0.2, 0.25) is 0 Å². The molecule has 0 N–H and O–H groups in total. The number of carbonyl (C=O) groups is 2. The van der Waals surface area contributed by atoms with E-state index in [4.69, 9.17) is 4.74 Å². The van der Waals surface area contributed by atoms with Crippen molar-refractivity contribution in [1.29, 1.82) is 0 Å². The summed E-state index contributed by atoms with van der Waals surface area (Å²) in [7, 11) is 1.96. The average molecular weight is 363 g/mol. The van der Waals surface area contributed by atoms with Gasteiger partial charge in [0.1, 0.15) is 0 Å². The van der Waals surface area contributed by atoms with Crippen molar-refractivity contribution in [3.05, 3.63) is 77.5 Å². The van der Waals surface area contributed by atoms with Gasteiger partial charge in [0.25, 0.3) is 0 Å². The van der Waals surface area contributed by atoms with Gasteiger partial charge in [-0.1, -0.05) is 62.4 Å². The monoisotopic (exact) mass is 363 g/mol. The van der Waals surface area contributed by atoms with E-state index in [1.165, 1.54) is 5.56 Å². The van der Waals surface area contributed by atoms with Crippen LogP contribution in [0.5, 0.6) is 0 Å². The second kappa shape index (κ2) is 7.78. The van der Waals surface area contributed by atoms with Crippen molar-refractivity contribution >= 4 is 17.4 Å². The lowest BCUT2D eigenvalue weighted by atomic mass is 9.83. The molecule has 0 bridgehead atoms. The predicted octanol–water partition coefficient (Wildman–Crippen LogP) is 4.04. The first-order chi connectivity index (χ1) is 12.9. The van der Waals surface area contributed by atoms with E-state index in [9.17, 15) is 9.59 Å². The van der Waals surface area contributed by atoms with Crippen LogP contribution in [0, 0.1) is 0 Å². The van der Waals surface area contributed by atoms with Gasteiger partial charge in [-0.3, -0.25) is 9.59 Å². The topological polar surface area (TPSA) is 46.6 Å². The molecule has 0 saturated heterocycles. The highest BCUT2D eigenvalue weighted by molar-refractivity contribution is 5.94. The van der Waals surface area contributed by atoms with Gasteiger partial charge in [-0.15, -0.1) is 0 Å². The molecule has 0 aliphatic carbocycles. The number of ether oxygens (including phenoxy) is 1. The number of aryl methyl sites for hydroxylation is 1. The molecule has 140 valence electrons. The number of rotatable bonds is 6. The summed E-state index contributed by atoms with van der Waals surface area (Å²) in [6.45, 7) is 3.97. The fourth-order valence-electron chi connectivity index (χ4n) is 3.57. The summed E-state index contributed by atoms with van der Waals surface area (Å²) in [5, 5.41) is 0. The lowest BCUT2D eigenvalue weighted by molar-refractivity contribution is -0.146. The van der Waals surface area contributed by atoms with Gasteiger partial charge in [0.05, 0.1) is 0 Å². The number of hydrogen-bond acceptors (Lipinski definition) is 4. The maximum Gasteiger partial charge on any atom is 0.306 e. The lowest BCUT2D eigenvalue weighted by Gasteiger charge is -2.23. The molecule has 0 amide bonds. The van der Waals surface area contributed by atoms with E-state index in [1.807, 2.05) is 60.5 Å². The van der Waals surface area contributed by atoms with Crippen LogP contribution in [0.15, 0.2) is 66.4 Å². The van der Waals surface area contributed by atoms with Crippen LogP contribution in [0.25, 0.3) is 0 Å². The fraction of sp³-hybridized carbons (Fsp3) is 0.304. The molecule has 2 aromatic carbocycles. The van der Waals surface area contributed by atoms with Crippen LogP contribution in [0.3, 0.4) is 0 Å². The van der Waals surface area contributed by atoms with Gasteiger partial charge in [0, 0.05) is 36.3 Å². The molecule has 1 aliphatic heterocycles. The average Bonchev–Trinajstić information content (AvgIpc) is 2.87. The number of benzene rings is 2. The van der Waals surface area contributed by atoms with Gasteiger partial charge < -0.3 is 9.64 Å². The number of ketones is 1. The Morgan fingerprint density at radius 3 is 2.41 bits per heavy atom. The van der Waals surface area contributed by atoms with Crippen molar-refractivity contribution in [2.45, 2.75) is 32.1 Å². The number of anilines is 1. The molecular weight excluding hydrogens is 338 g/mol. The summed E-state index contributed by atoms with van der Waals surface area (Å²) < 4.78 is 5.16. The number of esters is 1. The number of nitrogens with zero attached hydrogens (tertiary/aromatic N) is 1. The smallest absolute Gasteiger partial charge is 0.306 e. The molecule has 0 fully saturated rings. The minimum Gasteiger partial charge on any atom is -0.457 e. The summed E-state index contributed by atoms with van der Waals surface area (Å²) in [6.07, 6.45) is 2.48. The Balaban J connectivity index is 1.58. The summed E-state index contributed by atoms with van der Waals surface area (Å²) >= 11 is 0. The normalized spacial score (nSPS) is 16.3. The molecule has 0 atom stereocenters. The summed E-state index contributed by atoms with van der Waals surface area (Å²) in [6, 6.07) is 17.9. The Morgan fingerprint density at radius 2 is 1.70 bits per heavy atom. The van der Waals surface area contributed by atoms with Crippen molar-refractivity contribution in [1.82, 2.24) is 0 Å². The molecule has 4 heteroatoms. The molecule has 0 aromatic heterocycles. The third-order valence-corrected chi connectivity index (χ3v) is 5.07. The molecule has 4 nitrogen and oxygen atoms in total. The molecule has 27 heavy (non-hydrogen) atoms. The maximum absolute atomic E-state index is 12.4. The van der Waals surface area contributed by atoms with E-state index >= 15 is 0 Å². The SMILES string of the molecule is CN1C(=CC(=O)COC(=O)CCc2ccccc2)C(C)(C)c2ccccc21.